The highest BCUT2D eigenvalue weighted by Crippen LogP contribution is 2.41. The summed E-state index contributed by atoms with van der Waals surface area (Å²) >= 11 is 0. The number of aliphatic carboxylic acids is 1. The van der Waals surface area contributed by atoms with Crippen molar-refractivity contribution in [3.63, 3.8) is 0 Å². The molecule has 39 heavy (non-hydrogen) atoms. The molecule has 4 aromatic rings. The molecule has 0 spiro atoms. The molecule has 0 fully saturated rings. The molecule has 4 rings (SSSR count). The van der Waals surface area contributed by atoms with Crippen LogP contribution in [0.5, 0.6) is 5.88 Å². The summed E-state index contributed by atoms with van der Waals surface area (Å²) in [6.07, 6.45) is -5.83. The molecule has 0 saturated carbocycles. The van der Waals surface area contributed by atoms with Crippen LogP contribution in [0.15, 0.2) is 72.9 Å². The number of alkyl halides is 3. The van der Waals surface area contributed by atoms with Crippen LogP contribution < -0.4 is 16.2 Å². The maximum atomic E-state index is 14.3. The minimum Gasteiger partial charge on any atom is -0.480 e. The SMILES string of the molecule is N#Cc1ccc(-c2ccccc2C(Oc2cc(-c3ccc(CC(N)C(=O)O)cc3)nc(N)n2)C(F)(F)F)cn1. The summed E-state index contributed by atoms with van der Waals surface area (Å²) in [6, 6.07) is 17.3. The summed E-state index contributed by atoms with van der Waals surface area (Å²) in [6.45, 7) is 0. The quantitative estimate of drug-likeness (QED) is 0.299. The Kier molecular flexibility index (Phi) is 7.73. The fourth-order valence-electron chi connectivity index (χ4n) is 3.84. The number of ether oxygens (including phenoxy) is 1. The number of carboxylic acids is 1. The molecule has 2 unspecified atom stereocenters. The molecule has 0 amide bonds. The van der Waals surface area contributed by atoms with E-state index in [1.54, 1.807) is 30.3 Å². The molecule has 0 aliphatic carbocycles. The van der Waals surface area contributed by atoms with Gasteiger partial charge in [-0.1, -0.05) is 48.5 Å². The van der Waals surface area contributed by atoms with Crippen LogP contribution in [0, 0.1) is 11.3 Å². The van der Waals surface area contributed by atoms with Crippen molar-refractivity contribution < 1.29 is 27.8 Å². The second-order valence-corrected chi connectivity index (χ2v) is 8.47. The zero-order valence-corrected chi connectivity index (χ0v) is 20.1. The number of pyridine rings is 1. The van der Waals surface area contributed by atoms with Gasteiger partial charge in [-0.15, -0.1) is 0 Å². The normalized spacial score (nSPS) is 12.8. The van der Waals surface area contributed by atoms with Gasteiger partial charge in [-0.25, -0.2) is 9.97 Å². The maximum absolute atomic E-state index is 14.3. The second-order valence-electron chi connectivity index (χ2n) is 8.47. The third-order valence-corrected chi connectivity index (χ3v) is 5.71. The number of nitrogen functional groups attached to an aromatic ring is 1. The number of carboxylic acid groups (broad SMARTS) is 1. The van der Waals surface area contributed by atoms with Crippen molar-refractivity contribution in [1.29, 1.82) is 5.26 Å². The fraction of sp³-hybridized carbons (Fsp3) is 0.148. The van der Waals surface area contributed by atoms with Gasteiger partial charge in [0.1, 0.15) is 17.8 Å². The van der Waals surface area contributed by atoms with Gasteiger partial charge in [-0.2, -0.15) is 23.4 Å². The number of benzene rings is 2. The molecular formula is C27H21F3N6O3. The topological polar surface area (TPSA) is 161 Å². The highest BCUT2D eigenvalue weighted by atomic mass is 19.4. The van der Waals surface area contributed by atoms with Crippen molar-refractivity contribution in [2.24, 2.45) is 5.73 Å². The molecule has 2 heterocycles. The Morgan fingerprint density at radius 2 is 1.74 bits per heavy atom. The summed E-state index contributed by atoms with van der Waals surface area (Å²) in [5, 5.41) is 18.0. The van der Waals surface area contributed by atoms with Crippen molar-refractivity contribution in [2.75, 3.05) is 5.73 Å². The number of carbonyl (C=O) groups is 1. The largest absolute Gasteiger partial charge is 0.480 e. The Morgan fingerprint density at radius 3 is 2.36 bits per heavy atom. The Labute approximate surface area is 220 Å². The van der Waals surface area contributed by atoms with Gasteiger partial charge in [0.2, 0.25) is 17.9 Å². The molecule has 0 aliphatic heterocycles. The van der Waals surface area contributed by atoms with Crippen LogP contribution >= 0.6 is 0 Å². The number of hydrogen-bond donors (Lipinski definition) is 3. The number of anilines is 1. The lowest BCUT2D eigenvalue weighted by Gasteiger charge is -2.24. The van der Waals surface area contributed by atoms with E-state index in [0.29, 0.717) is 16.7 Å². The number of nitrogens with two attached hydrogens (primary N) is 2. The summed E-state index contributed by atoms with van der Waals surface area (Å²) in [5.74, 6) is -1.84. The van der Waals surface area contributed by atoms with E-state index in [0.717, 1.165) is 0 Å². The maximum Gasteiger partial charge on any atom is 0.429 e. The Balaban J connectivity index is 1.67. The number of nitrogens with zero attached hydrogens (tertiary/aromatic N) is 4. The monoisotopic (exact) mass is 534 g/mol. The van der Waals surface area contributed by atoms with Gasteiger partial charge in [0.25, 0.3) is 0 Å². The van der Waals surface area contributed by atoms with Crippen molar-refractivity contribution in [1.82, 2.24) is 15.0 Å². The number of halogens is 3. The molecule has 0 saturated heterocycles. The average molecular weight is 534 g/mol. The molecule has 2 aromatic heterocycles. The van der Waals surface area contributed by atoms with E-state index in [9.17, 15) is 18.0 Å². The van der Waals surface area contributed by atoms with Gasteiger partial charge in [0.15, 0.2) is 0 Å². The van der Waals surface area contributed by atoms with Crippen LogP contribution in [-0.4, -0.2) is 38.2 Å². The predicted octanol–water partition coefficient (Wildman–Crippen LogP) is 4.30. The molecule has 0 aliphatic rings. The number of rotatable bonds is 8. The molecule has 0 bridgehead atoms. The van der Waals surface area contributed by atoms with Gasteiger partial charge in [0.05, 0.1) is 5.69 Å². The molecule has 198 valence electrons. The average Bonchev–Trinajstić information content (AvgIpc) is 2.91. The first-order valence-electron chi connectivity index (χ1n) is 11.5. The van der Waals surface area contributed by atoms with E-state index in [1.165, 1.54) is 42.6 Å². The highest BCUT2D eigenvalue weighted by Gasteiger charge is 2.44. The van der Waals surface area contributed by atoms with Crippen molar-refractivity contribution in [3.05, 3.63) is 89.7 Å². The summed E-state index contributed by atoms with van der Waals surface area (Å²) < 4.78 is 48.4. The van der Waals surface area contributed by atoms with Crippen LogP contribution in [0.2, 0.25) is 0 Å². The lowest BCUT2D eigenvalue weighted by molar-refractivity contribution is -0.198. The first kappa shape index (κ1) is 27.0. The van der Waals surface area contributed by atoms with Crippen LogP contribution in [0.25, 0.3) is 22.4 Å². The minimum absolute atomic E-state index is 0.0946. The molecule has 5 N–H and O–H groups in total. The number of nitriles is 1. The third kappa shape index (κ3) is 6.46. The Hall–Kier alpha value is -5.02. The lowest BCUT2D eigenvalue weighted by Crippen LogP contribution is -2.32. The molecule has 0 radical (unpaired) electrons. The predicted molar refractivity (Wildman–Crippen MR) is 135 cm³/mol. The Morgan fingerprint density at radius 1 is 1.05 bits per heavy atom. The standard InChI is InChI=1S/C27H21F3N6O3/c28-27(29,30)24(20-4-2-1-3-19(20)17-9-10-18(13-31)34-14-17)39-23-12-22(35-26(33)36-23)16-7-5-15(6-8-16)11-21(32)25(37)38/h1-10,12,14,21,24H,11,32H2,(H,37,38)(H2,33,35,36). The van der Waals surface area contributed by atoms with Gasteiger partial charge >= 0.3 is 12.1 Å². The van der Waals surface area contributed by atoms with Crippen molar-refractivity contribution in [2.45, 2.75) is 24.7 Å². The highest BCUT2D eigenvalue weighted by molar-refractivity contribution is 5.73. The van der Waals surface area contributed by atoms with Crippen LogP contribution in [-0.2, 0) is 11.2 Å². The zero-order chi connectivity index (χ0) is 28.2. The van der Waals surface area contributed by atoms with Gasteiger partial charge < -0.3 is 21.3 Å². The summed E-state index contributed by atoms with van der Waals surface area (Å²) in [5.41, 5.74) is 13.2. The van der Waals surface area contributed by atoms with Crippen molar-refractivity contribution >= 4 is 11.9 Å². The van der Waals surface area contributed by atoms with E-state index in [4.69, 9.17) is 26.6 Å². The fourth-order valence-corrected chi connectivity index (χ4v) is 3.84. The molecule has 2 atom stereocenters. The van der Waals surface area contributed by atoms with Gasteiger partial charge in [0, 0.05) is 29.0 Å². The first-order chi connectivity index (χ1) is 18.5. The number of hydrogen-bond acceptors (Lipinski definition) is 8. The summed E-state index contributed by atoms with van der Waals surface area (Å²) in [7, 11) is 0. The first-order valence-corrected chi connectivity index (χ1v) is 11.5. The van der Waals surface area contributed by atoms with E-state index in [-0.39, 0.29) is 34.9 Å². The van der Waals surface area contributed by atoms with E-state index < -0.39 is 30.2 Å². The van der Waals surface area contributed by atoms with E-state index in [2.05, 4.69) is 15.0 Å². The van der Waals surface area contributed by atoms with Gasteiger partial charge in [-0.3, -0.25) is 4.79 Å². The van der Waals surface area contributed by atoms with E-state index in [1.807, 2.05) is 6.07 Å². The molecular weight excluding hydrogens is 513 g/mol. The molecule has 9 nitrogen and oxygen atoms in total. The second kappa shape index (κ2) is 11.2. The Bertz CT molecular complexity index is 1520. The van der Waals surface area contributed by atoms with E-state index >= 15 is 0 Å². The minimum atomic E-state index is -4.83. The van der Waals surface area contributed by atoms with Crippen LogP contribution in [0.4, 0.5) is 19.1 Å². The lowest BCUT2D eigenvalue weighted by atomic mass is 9.96. The van der Waals surface area contributed by atoms with Gasteiger partial charge in [-0.05, 0) is 29.7 Å². The van der Waals surface area contributed by atoms with Crippen LogP contribution in [0.1, 0.15) is 22.9 Å². The molecule has 2 aromatic carbocycles. The van der Waals surface area contributed by atoms with Crippen LogP contribution in [0.3, 0.4) is 0 Å². The third-order valence-electron chi connectivity index (χ3n) is 5.71. The zero-order valence-electron chi connectivity index (χ0n) is 20.1. The number of aromatic nitrogens is 3. The molecule has 12 heteroatoms. The van der Waals surface area contributed by atoms with Crippen molar-refractivity contribution in [3.8, 4) is 34.3 Å². The smallest absolute Gasteiger partial charge is 0.429 e. The summed E-state index contributed by atoms with van der Waals surface area (Å²) in [4.78, 5) is 22.9.